The fourth-order valence-corrected chi connectivity index (χ4v) is 11.3. The molecule has 0 saturated heterocycles. The standard InChI is InChI=1S/C25H25.C18H25.C3H6.Zr/c1-14-12-24(3,4)22-8-16-7-17-9-23-19(15(2)13-25(23,5)6)11-21(17)20(16)10-18(14)22;1-12-3-13(2)17(4-12)11-18-8-14-5-15(9-18)7-16(6-14)10-18;1-3-2;/h8-12H,7H2,1-6H3;4,12,14-16H,5-11H2,1-2H3;1-2H3;/q2*-1;;+2. The summed E-state index contributed by atoms with van der Waals surface area (Å²) in [5, 5.41) is 0. The molecule has 0 radical (unpaired) electrons. The Morgan fingerprint density at radius 2 is 1.30 bits per heavy atom. The van der Waals surface area contributed by atoms with Gasteiger partial charge in [-0.25, -0.2) is 11.1 Å². The van der Waals surface area contributed by atoms with Gasteiger partial charge in [0.15, 0.2) is 0 Å². The minimum atomic E-state index is 0.0340. The average Bonchev–Trinajstić information content (AvgIpc) is 3.60. The topological polar surface area (TPSA) is 0 Å². The molecule has 0 amide bonds. The summed E-state index contributed by atoms with van der Waals surface area (Å²) in [6.07, 6.45) is 23.9. The molecule has 1 heteroatoms. The van der Waals surface area contributed by atoms with Crippen LogP contribution in [0, 0.1) is 41.2 Å². The molecule has 4 bridgehead atoms. The molecule has 4 fully saturated rings. The third-order valence-corrected chi connectivity index (χ3v) is 12.5. The van der Waals surface area contributed by atoms with E-state index in [1.54, 1.807) is 68.3 Å². The van der Waals surface area contributed by atoms with Gasteiger partial charge in [-0.15, -0.1) is 11.6 Å². The van der Waals surface area contributed by atoms with Crippen LogP contribution in [0.3, 0.4) is 0 Å². The number of allylic oxidation sites excluding steroid dienone is 8. The van der Waals surface area contributed by atoms with E-state index in [0.29, 0.717) is 11.3 Å². The van der Waals surface area contributed by atoms with E-state index >= 15 is 0 Å². The molecule has 10 rings (SSSR count). The average molecular weight is 700 g/mol. The Bertz CT molecular complexity index is 1660. The summed E-state index contributed by atoms with van der Waals surface area (Å²) in [5.41, 5.74) is 18.3. The van der Waals surface area contributed by atoms with Crippen molar-refractivity contribution in [2.75, 3.05) is 0 Å². The molecular formula is C46H56Zr. The Hall–Kier alpha value is -1.85. The van der Waals surface area contributed by atoms with E-state index in [4.69, 9.17) is 0 Å². The molecule has 8 aliphatic carbocycles. The second-order valence-corrected chi connectivity index (χ2v) is 20.5. The number of rotatable bonds is 2. The van der Waals surface area contributed by atoms with Crippen molar-refractivity contribution < 1.29 is 24.2 Å². The molecule has 4 saturated carbocycles. The number of fused-ring (bicyclic) bond motifs is 5. The zero-order chi connectivity index (χ0) is 33.6. The molecule has 0 nitrogen and oxygen atoms in total. The van der Waals surface area contributed by atoms with Gasteiger partial charge in [-0.3, -0.25) is 12.2 Å². The fourth-order valence-electron chi connectivity index (χ4n) is 11.3. The van der Waals surface area contributed by atoms with Gasteiger partial charge in [-0.1, -0.05) is 84.4 Å². The summed E-state index contributed by atoms with van der Waals surface area (Å²) in [6, 6.07) is 9.81. The van der Waals surface area contributed by atoms with Crippen LogP contribution in [-0.4, -0.2) is 3.21 Å². The van der Waals surface area contributed by atoms with Crippen LogP contribution in [0.25, 0.3) is 22.3 Å². The molecule has 2 aromatic rings. The van der Waals surface area contributed by atoms with Crippen LogP contribution in [0.5, 0.6) is 0 Å². The maximum absolute atomic E-state index is 3.65. The number of hydrogen-bond donors (Lipinski definition) is 0. The molecule has 0 aliphatic heterocycles. The van der Waals surface area contributed by atoms with E-state index in [0.717, 1.165) is 24.2 Å². The maximum atomic E-state index is 3.65. The first-order valence-corrected chi connectivity index (χ1v) is 19.8. The normalized spacial score (nSPS) is 30.5. The molecule has 1 unspecified atom stereocenters. The van der Waals surface area contributed by atoms with E-state index < -0.39 is 0 Å². The van der Waals surface area contributed by atoms with E-state index in [2.05, 4.69) is 118 Å². The van der Waals surface area contributed by atoms with E-state index in [1.807, 2.05) is 0 Å². The summed E-state index contributed by atoms with van der Waals surface area (Å²) in [6.45, 7) is 22.5. The monoisotopic (exact) mass is 698 g/mol. The summed E-state index contributed by atoms with van der Waals surface area (Å²) in [5.74, 6) is 3.82. The van der Waals surface area contributed by atoms with Crippen LogP contribution >= 0.6 is 0 Å². The van der Waals surface area contributed by atoms with Gasteiger partial charge in [0.2, 0.25) is 0 Å². The van der Waals surface area contributed by atoms with E-state index in [1.165, 1.54) is 70.9 Å². The Kier molecular flexibility index (Phi) is 8.51. The van der Waals surface area contributed by atoms with Gasteiger partial charge in [0.05, 0.1) is 0 Å². The molecular weight excluding hydrogens is 644 g/mol. The third-order valence-electron chi connectivity index (χ3n) is 12.5. The number of hydrogen-bond acceptors (Lipinski definition) is 0. The van der Waals surface area contributed by atoms with Gasteiger partial charge in [0.1, 0.15) is 0 Å². The second kappa shape index (κ2) is 11.9. The van der Waals surface area contributed by atoms with Crippen LogP contribution in [0.1, 0.15) is 148 Å². The van der Waals surface area contributed by atoms with Gasteiger partial charge in [0.25, 0.3) is 0 Å². The van der Waals surface area contributed by atoms with Crippen LogP contribution in [0.15, 0.2) is 47.6 Å². The van der Waals surface area contributed by atoms with Crippen molar-refractivity contribution >= 4 is 14.4 Å². The van der Waals surface area contributed by atoms with E-state index in [9.17, 15) is 0 Å². The molecule has 0 N–H and O–H groups in total. The molecule has 2 aromatic carbocycles. The molecule has 0 heterocycles. The quantitative estimate of drug-likeness (QED) is 0.234. The predicted octanol–water partition coefficient (Wildman–Crippen LogP) is 12.1. The first kappa shape index (κ1) is 33.6. The zero-order valence-corrected chi connectivity index (χ0v) is 33.4. The molecule has 47 heavy (non-hydrogen) atoms. The molecule has 0 spiro atoms. The zero-order valence-electron chi connectivity index (χ0n) is 30.9. The van der Waals surface area contributed by atoms with Crippen molar-refractivity contribution in [3.8, 4) is 11.1 Å². The van der Waals surface area contributed by atoms with Crippen molar-refractivity contribution in [3.63, 3.8) is 0 Å². The summed E-state index contributed by atoms with van der Waals surface area (Å²) in [7, 11) is 0. The van der Waals surface area contributed by atoms with Gasteiger partial charge in [-0.05, 0) is 120 Å². The summed E-state index contributed by atoms with van der Waals surface area (Å²) < 4.78 is 1.51. The van der Waals surface area contributed by atoms with Crippen molar-refractivity contribution in [1.29, 1.82) is 0 Å². The Labute approximate surface area is 301 Å². The first-order valence-electron chi connectivity index (χ1n) is 18.5. The van der Waals surface area contributed by atoms with Crippen LogP contribution in [0.2, 0.25) is 0 Å². The van der Waals surface area contributed by atoms with Crippen molar-refractivity contribution in [2.45, 2.75) is 131 Å². The molecule has 8 aliphatic rings. The Morgan fingerprint density at radius 1 is 0.766 bits per heavy atom. The minimum absolute atomic E-state index is 0.0340. The number of benzene rings is 2. The SMILES string of the molecule is CC1=[C-]C(C)(C)c2cc3c(cc21)-c1cc2c(cc1C3)C(C)(C)C=C2C.CC1=[C-]C(C)C=C1CC12CC3CC(CC(C3)C1)C2.C[C](C)=[Zr+2]. The van der Waals surface area contributed by atoms with Crippen LogP contribution in [0.4, 0.5) is 0 Å². The van der Waals surface area contributed by atoms with Gasteiger partial charge >= 0.3 is 41.3 Å². The second-order valence-electron chi connectivity index (χ2n) is 18.1. The van der Waals surface area contributed by atoms with Crippen LogP contribution < -0.4 is 0 Å². The third kappa shape index (κ3) is 6.24. The fraction of sp³-hybridized carbons (Fsp3) is 0.543. The van der Waals surface area contributed by atoms with Gasteiger partial charge < -0.3 is 0 Å². The van der Waals surface area contributed by atoms with E-state index in [-0.39, 0.29) is 10.8 Å². The Morgan fingerprint density at radius 3 is 1.83 bits per heavy atom. The Balaban J connectivity index is 0.000000140. The van der Waals surface area contributed by atoms with Crippen LogP contribution in [-0.2, 0) is 41.5 Å². The molecule has 244 valence electrons. The van der Waals surface area contributed by atoms with Crippen molar-refractivity contribution in [1.82, 2.24) is 0 Å². The van der Waals surface area contributed by atoms with Gasteiger partial charge in [0, 0.05) is 5.41 Å². The van der Waals surface area contributed by atoms with Crippen molar-refractivity contribution in [3.05, 3.63) is 93.1 Å². The van der Waals surface area contributed by atoms with Crippen molar-refractivity contribution in [2.24, 2.45) is 29.1 Å². The first-order chi connectivity index (χ1) is 22.0. The molecule has 0 aromatic heterocycles. The summed E-state index contributed by atoms with van der Waals surface area (Å²) >= 11 is 1.55. The van der Waals surface area contributed by atoms with Gasteiger partial charge in [-0.2, -0.15) is 17.2 Å². The predicted molar refractivity (Wildman–Crippen MR) is 198 cm³/mol. The summed E-state index contributed by atoms with van der Waals surface area (Å²) in [4.78, 5) is 0. The molecule has 1 atom stereocenters.